The number of likely N-dealkylation sites (N-methyl/N-ethyl adjacent to an activating group) is 1. The van der Waals surface area contributed by atoms with Crippen LogP contribution < -0.4 is 0 Å². The van der Waals surface area contributed by atoms with Gasteiger partial charge in [-0.25, -0.2) is 4.98 Å². The molecule has 0 N–H and O–H groups in total. The zero-order chi connectivity index (χ0) is 24.4. The first-order chi connectivity index (χ1) is 16.3. The monoisotopic (exact) mass is 464 g/mol. The van der Waals surface area contributed by atoms with Gasteiger partial charge >= 0.3 is 0 Å². The molecule has 0 radical (unpaired) electrons. The SMILES string of the molecule is Cc1cc(C(C(=O)N2CCC[C@H]2C(=O)N(C)[C@@H](C)c2ccc(-c3cnco3)cc2)C(C)C)on1. The largest absolute Gasteiger partial charge is 0.444 e. The predicted octanol–water partition coefficient (Wildman–Crippen LogP) is 4.59. The Morgan fingerprint density at radius 3 is 2.50 bits per heavy atom. The minimum Gasteiger partial charge on any atom is -0.444 e. The van der Waals surface area contributed by atoms with Crippen LogP contribution in [0.1, 0.15) is 62.6 Å². The van der Waals surface area contributed by atoms with Gasteiger partial charge in [-0.05, 0) is 38.2 Å². The number of carbonyl (C=O) groups is 2. The summed E-state index contributed by atoms with van der Waals surface area (Å²) < 4.78 is 10.8. The van der Waals surface area contributed by atoms with Gasteiger partial charge in [0.2, 0.25) is 11.8 Å². The van der Waals surface area contributed by atoms with Crippen molar-refractivity contribution in [1.29, 1.82) is 0 Å². The van der Waals surface area contributed by atoms with Crippen molar-refractivity contribution in [2.45, 2.75) is 58.5 Å². The highest BCUT2D eigenvalue weighted by molar-refractivity contribution is 5.91. The number of benzene rings is 1. The van der Waals surface area contributed by atoms with Crippen molar-refractivity contribution in [2.75, 3.05) is 13.6 Å². The average molecular weight is 465 g/mol. The molecule has 0 saturated carbocycles. The first-order valence-electron chi connectivity index (χ1n) is 11.8. The van der Waals surface area contributed by atoms with Crippen molar-refractivity contribution in [3.63, 3.8) is 0 Å². The smallest absolute Gasteiger partial charge is 0.245 e. The molecule has 34 heavy (non-hydrogen) atoms. The number of hydrogen-bond donors (Lipinski definition) is 0. The minimum absolute atomic E-state index is 0.0238. The van der Waals surface area contributed by atoms with E-state index in [0.717, 1.165) is 23.2 Å². The van der Waals surface area contributed by atoms with Crippen molar-refractivity contribution < 1.29 is 18.5 Å². The van der Waals surface area contributed by atoms with Crippen LogP contribution in [0.3, 0.4) is 0 Å². The van der Waals surface area contributed by atoms with Crippen molar-refractivity contribution in [3.05, 3.63) is 59.9 Å². The van der Waals surface area contributed by atoms with E-state index in [2.05, 4.69) is 10.1 Å². The van der Waals surface area contributed by atoms with Gasteiger partial charge in [-0.15, -0.1) is 0 Å². The third-order valence-electron chi connectivity index (χ3n) is 6.74. The zero-order valence-corrected chi connectivity index (χ0v) is 20.4. The van der Waals surface area contributed by atoms with Crippen molar-refractivity contribution in [2.24, 2.45) is 5.92 Å². The number of oxazole rings is 1. The number of rotatable bonds is 7. The fraction of sp³-hybridized carbons (Fsp3) is 0.462. The van der Waals surface area contributed by atoms with E-state index >= 15 is 0 Å². The maximum absolute atomic E-state index is 13.6. The highest BCUT2D eigenvalue weighted by Gasteiger charge is 2.41. The molecule has 1 aromatic carbocycles. The summed E-state index contributed by atoms with van der Waals surface area (Å²) >= 11 is 0. The summed E-state index contributed by atoms with van der Waals surface area (Å²) in [7, 11) is 1.80. The lowest BCUT2D eigenvalue weighted by molar-refractivity contribution is -0.145. The Balaban J connectivity index is 1.49. The van der Waals surface area contributed by atoms with Crippen molar-refractivity contribution >= 4 is 11.8 Å². The second-order valence-corrected chi connectivity index (χ2v) is 9.39. The number of aromatic nitrogens is 2. The molecule has 2 amide bonds. The molecule has 2 aromatic heterocycles. The first kappa shape index (κ1) is 23.7. The Kier molecular flexibility index (Phi) is 6.86. The standard InChI is InChI=1S/C26H32N4O4/c1-16(2)24(22-13-17(3)28-34-22)26(32)30-12-6-7-21(30)25(31)29(5)18(4)19-8-10-20(11-9-19)23-14-27-15-33-23/h8-11,13-16,18,21,24H,6-7,12H2,1-5H3/t18-,21-,24?/m0/s1. The van der Waals surface area contributed by atoms with Gasteiger partial charge in [0.05, 0.1) is 17.9 Å². The van der Waals surface area contributed by atoms with Gasteiger partial charge < -0.3 is 18.7 Å². The Morgan fingerprint density at radius 2 is 1.91 bits per heavy atom. The second-order valence-electron chi connectivity index (χ2n) is 9.39. The summed E-state index contributed by atoms with van der Waals surface area (Å²) in [6, 6.07) is 9.10. The fourth-order valence-corrected chi connectivity index (χ4v) is 4.66. The number of likely N-dealkylation sites (tertiary alicyclic amines) is 1. The molecule has 1 aliphatic rings. The summed E-state index contributed by atoms with van der Waals surface area (Å²) in [6.07, 6.45) is 4.54. The Hall–Kier alpha value is -3.42. The van der Waals surface area contributed by atoms with E-state index in [0.29, 0.717) is 24.5 Å². The first-order valence-corrected chi connectivity index (χ1v) is 11.8. The number of carbonyl (C=O) groups excluding carboxylic acids is 2. The van der Waals surface area contributed by atoms with Crippen LogP contribution in [0.15, 0.2) is 51.9 Å². The summed E-state index contributed by atoms with van der Waals surface area (Å²) in [5.41, 5.74) is 2.68. The summed E-state index contributed by atoms with van der Waals surface area (Å²) in [6.45, 7) is 8.38. The van der Waals surface area contributed by atoms with Crippen LogP contribution in [0.2, 0.25) is 0 Å². The lowest BCUT2D eigenvalue weighted by atomic mass is 9.91. The molecule has 1 unspecified atom stereocenters. The molecular weight excluding hydrogens is 432 g/mol. The summed E-state index contributed by atoms with van der Waals surface area (Å²) in [4.78, 5) is 34.5. The van der Waals surface area contributed by atoms with Crippen LogP contribution in [0.5, 0.6) is 0 Å². The number of hydrogen-bond acceptors (Lipinski definition) is 6. The third-order valence-corrected chi connectivity index (χ3v) is 6.74. The lowest BCUT2D eigenvalue weighted by Gasteiger charge is -2.33. The molecule has 0 aliphatic carbocycles. The van der Waals surface area contributed by atoms with Crippen molar-refractivity contribution in [3.8, 4) is 11.3 Å². The third kappa shape index (κ3) is 4.62. The van der Waals surface area contributed by atoms with E-state index in [9.17, 15) is 9.59 Å². The number of amides is 2. The van der Waals surface area contributed by atoms with E-state index in [4.69, 9.17) is 8.94 Å². The Morgan fingerprint density at radius 1 is 1.18 bits per heavy atom. The van der Waals surface area contributed by atoms with E-state index in [-0.39, 0.29) is 23.8 Å². The highest BCUT2D eigenvalue weighted by atomic mass is 16.5. The summed E-state index contributed by atoms with van der Waals surface area (Å²) in [5.74, 6) is 0.708. The molecule has 1 aliphatic heterocycles. The van der Waals surface area contributed by atoms with Crippen LogP contribution in [0.4, 0.5) is 0 Å². The number of nitrogens with zero attached hydrogens (tertiary/aromatic N) is 4. The van der Waals surface area contributed by atoms with Crippen molar-refractivity contribution in [1.82, 2.24) is 19.9 Å². The van der Waals surface area contributed by atoms with Gasteiger partial charge in [0, 0.05) is 25.2 Å². The van der Waals surface area contributed by atoms with E-state index in [1.807, 2.05) is 58.0 Å². The fourth-order valence-electron chi connectivity index (χ4n) is 4.66. The number of aryl methyl sites for hydroxylation is 1. The normalized spacial score (nSPS) is 17.7. The maximum Gasteiger partial charge on any atom is 0.245 e. The molecule has 0 bridgehead atoms. The quantitative estimate of drug-likeness (QED) is 0.508. The average Bonchev–Trinajstić information content (AvgIpc) is 3.59. The van der Waals surface area contributed by atoms with Gasteiger partial charge in [0.15, 0.2) is 12.2 Å². The van der Waals surface area contributed by atoms with Gasteiger partial charge in [-0.2, -0.15) is 0 Å². The molecule has 8 heteroatoms. The van der Waals surface area contributed by atoms with Crippen LogP contribution in [0.25, 0.3) is 11.3 Å². The van der Waals surface area contributed by atoms with Crippen LogP contribution in [-0.2, 0) is 9.59 Å². The molecule has 3 aromatic rings. The van der Waals surface area contributed by atoms with E-state index in [1.54, 1.807) is 23.0 Å². The molecule has 0 spiro atoms. The van der Waals surface area contributed by atoms with E-state index < -0.39 is 12.0 Å². The van der Waals surface area contributed by atoms with Gasteiger partial charge in [-0.1, -0.05) is 43.3 Å². The van der Waals surface area contributed by atoms with E-state index in [1.165, 1.54) is 6.39 Å². The molecular formula is C26H32N4O4. The van der Waals surface area contributed by atoms with Crippen LogP contribution in [0, 0.1) is 12.8 Å². The predicted molar refractivity (Wildman–Crippen MR) is 127 cm³/mol. The van der Waals surface area contributed by atoms with Gasteiger partial charge in [0.1, 0.15) is 17.7 Å². The molecule has 8 nitrogen and oxygen atoms in total. The van der Waals surface area contributed by atoms with Gasteiger partial charge in [-0.3, -0.25) is 9.59 Å². The molecule has 180 valence electrons. The molecule has 3 heterocycles. The van der Waals surface area contributed by atoms with Crippen LogP contribution in [-0.4, -0.2) is 51.4 Å². The molecule has 4 rings (SSSR count). The zero-order valence-electron chi connectivity index (χ0n) is 20.4. The Bertz CT molecular complexity index is 1120. The Labute approximate surface area is 199 Å². The highest BCUT2D eigenvalue weighted by Crippen LogP contribution is 2.32. The topological polar surface area (TPSA) is 92.7 Å². The molecule has 3 atom stereocenters. The second kappa shape index (κ2) is 9.83. The van der Waals surface area contributed by atoms with Gasteiger partial charge in [0.25, 0.3) is 0 Å². The summed E-state index contributed by atoms with van der Waals surface area (Å²) in [5, 5.41) is 3.96. The molecule has 1 fully saturated rings. The van der Waals surface area contributed by atoms with Crippen LogP contribution >= 0.6 is 0 Å². The molecule has 1 saturated heterocycles. The minimum atomic E-state index is -0.473. The lowest BCUT2D eigenvalue weighted by Crippen LogP contribution is -2.49. The maximum atomic E-state index is 13.6.